The van der Waals surface area contributed by atoms with E-state index in [1.54, 1.807) is 4.68 Å². The van der Waals surface area contributed by atoms with Gasteiger partial charge in [0, 0.05) is 18.4 Å². The predicted molar refractivity (Wildman–Crippen MR) is 122 cm³/mol. The third-order valence-corrected chi connectivity index (χ3v) is 10.00. The Bertz CT molecular complexity index is 839. The maximum Gasteiger partial charge on any atom is 0.158 e. The highest BCUT2D eigenvalue weighted by Crippen LogP contribution is 2.65. The first-order valence-electron chi connectivity index (χ1n) is 12.2. The van der Waals surface area contributed by atoms with E-state index in [1.807, 2.05) is 21.0 Å². The molecule has 0 bridgehead atoms. The van der Waals surface area contributed by atoms with E-state index in [0.717, 1.165) is 38.5 Å². The lowest BCUT2D eigenvalue weighted by molar-refractivity contribution is -0.165. The minimum absolute atomic E-state index is 0. The van der Waals surface area contributed by atoms with E-state index >= 15 is 0 Å². The van der Waals surface area contributed by atoms with Crippen molar-refractivity contribution >= 4 is 5.78 Å². The normalized spacial score (nSPS) is 45.3. The molecule has 1 aromatic heterocycles. The van der Waals surface area contributed by atoms with Gasteiger partial charge in [-0.2, -0.15) is 0 Å². The molecule has 4 aliphatic carbocycles. The topological polar surface area (TPSA) is 90.1 Å². The third kappa shape index (κ3) is 3.64. The molecule has 180 valence electrons. The minimum Gasteiger partial charge on any atom is -0.390 e. The Balaban J connectivity index is 0.00000245. The second-order valence-electron chi connectivity index (χ2n) is 11.5. The van der Waals surface area contributed by atoms with Crippen molar-refractivity contribution in [3.05, 3.63) is 5.82 Å². The van der Waals surface area contributed by atoms with Gasteiger partial charge < -0.3 is 9.84 Å². The molecule has 1 N–H and O–H groups in total. The fourth-order valence-corrected chi connectivity index (χ4v) is 8.58. The summed E-state index contributed by atoms with van der Waals surface area (Å²) >= 11 is 0. The van der Waals surface area contributed by atoms with Crippen LogP contribution in [0.15, 0.2) is 0 Å². The van der Waals surface area contributed by atoms with Crippen LogP contribution in [-0.2, 0) is 16.1 Å². The molecule has 9 atom stereocenters. The molecule has 32 heavy (non-hydrogen) atoms. The molecule has 4 fully saturated rings. The maximum atomic E-state index is 13.4. The zero-order valence-corrected chi connectivity index (χ0v) is 19.5. The summed E-state index contributed by atoms with van der Waals surface area (Å²) in [7, 11) is 1.84. The number of hydrogen-bond donors (Lipinski definition) is 1. The number of methoxy groups -OCH3 is 1. The molecular weight excluding hydrogens is 404 g/mol. The summed E-state index contributed by atoms with van der Waals surface area (Å²) in [6.45, 7) is 6.46. The van der Waals surface area contributed by atoms with Gasteiger partial charge in [-0.05, 0) is 105 Å². The number of carbonyl (C=O) groups is 1. The molecule has 0 aliphatic heterocycles. The summed E-state index contributed by atoms with van der Waals surface area (Å²) < 4.78 is 7.80. The number of fused-ring (bicyclic) bond motifs is 5. The first-order valence-corrected chi connectivity index (χ1v) is 12.2. The number of rotatable bonds is 4. The summed E-state index contributed by atoms with van der Waals surface area (Å²) in [4.78, 5) is 13.4. The minimum atomic E-state index is -0.489. The number of hydrogen-bond acceptors (Lipinski definition) is 6. The number of aromatic nitrogens is 4. The molecule has 4 aliphatic rings. The fraction of sp³-hybridized carbons (Fsp3) is 0.920. The lowest BCUT2D eigenvalue weighted by atomic mass is 9.48. The number of tetrazole rings is 1. The highest BCUT2D eigenvalue weighted by molar-refractivity contribution is 5.82. The van der Waals surface area contributed by atoms with Gasteiger partial charge >= 0.3 is 0 Å². The molecule has 7 heteroatoms. The van der Waals surface area contributed by atoms with E-state index in [4.69, 9.17) is 4.74 Å². The maximum absolute atomic E-state index is 13.4. The van der Waals surface area contributed by atoms with Crippen LogP contribution in [0, 0.1) is 47.8 Å². The number of ether oxygens (including phenoxy) is 1. The Labute approximate surface area is 192 Å². The number of nitrogens with zero attached hydrogens (tertiary/aromatic N) is 4. The smallest absolute Gasteiger partial charge is 0.158 e. The second-order valence-corrected chi connectivity index (χ2v) is 11.5. The largest absolute Gasteiger partial charge is 0.390 e. The van der Waals surface area contributed by atoms with Crippen LogP contribution >= 0.6 is 0 Å². The summed E-state index contributed by atoms with van der Waals surface area (Å²) in [6.07, 6.45) is 8.73. The average Bonchev–Trinajstić information content (AvgIpc) is 3.29. The number of aryl methyl sites for hydroxylation is 1. The van der Waals surface area contributed by atoms with Crippen LogP contribution in [0.2, 0.25) is 0 Å². The van der Waals surface area contributed by atoms with Crippen LogP contribution in [0.25, 0.3) is 0 Å². The van der Waals surface area contributed by atoms with Crippen LogP contribution < -0.4 is 0 Å². The molecule has 7 nitrogen and oxygen atoms in total. The first kappa shape index (κ1) is 23.8. The Kier molecular flexibility index (Phi) is 6.29. The lowest BCUT2D eigenvalue weighted by Gasteiger charge is -2.59. The van der Waals surface area contributed by atoms with Crippen LogP contribution in [0.1, 0.15) is 78.5 Å². The number of Topliss-reactive ketones (excluding diaryl/α,β-unsaturated/α-hetero) is 1. The molecule has 0 radical (unpaired) electrons. The van der Waals surface area contributed by atoms with Crippen molar-refractivity contribution < 1.29 is 14.6 Å². The molecule has 1 aromatic rings. The summed E-state index contributed by atoms with van der Waals surface area (Å²) in [6, 6.07) is 0. The molecule has 0 saturated heterocycles. The molecule has 0 amide bonds. The van der Waals surface area contributed by atoms with Gasteiger partial charge in [-0.3, -0.25) is 4.79 Å². The summed E-state index contributed by atoms with van der Waals surface area (Å²) in [5.74, 6) is 4.21. The summed E-state index contributed by atoms with van der Waals surface area (Å²) in [5, 5.41) is 22.3. The van der Waals surface area contributed by atoms with Crippen molar-refractivity contribution in [3.63, 3.8) is 0 Å². The molecule has 1 heterocycles. The van der Waals surface area contributed by atoms with Crippen molar-refractivity contribution in [3.8, 4) is 0 Å². The molecule has 0 aromatic carbocycles. The number of ketones is 1. The van der Waals surface area contributed by atoms with Crippen LogP contribution in [0.5, 0.6) is 0 Å². The highest BCUT2D eigenvalue weighted by Gasteiger charge is 2.62. The Hall–Kier alpha value is -1.34. The molecule has 0 spiro atoms. The van der Waals surface area contributed by atoms with E-state index in [0.29, 0.717) is 35.4 Å². The van der Waals surface area contributed by atoms with Crippen molar-refractivity contribution in [2.24, 2.45) is 40.9 Å². The Morgan fingerprint density at radius 1 is 1.16 bits per heavy atom. The van der Waals surface area contributed by atoms with Crippen molar-refractivity contribution in [2.45, 2.75) is 97.8 Å². The van der Waals surface area contributed by atoms with Gasteiger partial charge in [0.05, 0.1) is 11.7 Å². The van der Waals surface area contributed by atoms with Crippen molar-refractivity contribution in [2.75, 3.05) is 7.11 Å². The second kappa shape index (κ2) is 8.46. The predicted octanol–water partition coefficient (Wildman–Crippen LogP) is 3.83. The van der Waals surface area contributed by atoms with E-state index in [1.165, 1.54) is 12.8 Å². The Morgan fingerprint density at radius 2 is 1.94 bits per heavy atom. The van der Waals surface area contributed by atoms with Gasteiger partial charge in [0.25, 0.3) is 0 Å². The zero-order valence-electron chi connectivity index (χ0n) is 19.5. The number of carbonyl (C=O) groups excluding carboxylic acids is 1. The SMILES string of the molecule is C.CO[C@@H]1C[C@H]2[C@@H](CC[C@@H]3C[C@](C)(O)CC[C@@H]32)[C@@H]2CC[C@H](C(=O)Cn3nnnc3C)[C@@]12C. The van der Waals surface area contributed by atoms with Crippen molar-refractivity contribution in [1.82, 2.24) is 20.2 Å². The molecule has 0 unspecified atom stereocenters. The van der Waals surface area contributed by atoms with Crippen LogP contribution in [0.3, 0.4) is 0 Å². The van der Waals surface area contributed by atoms with Gasteiger partial charge in [0.1, 0.15) is 12.4 Å². The highest BCUT2D eigenvalue weighted by atomic mass is 16.5. The quantitative estimate of drug-likeness (QED) is 0.756. The van der Waals surface area contributed by atoms with Crippen LogP contribution in [0.4, 0.5) is 0 Å². The van der Waals surface area contributed by atoms with E-state index in [9.17, 15) is 9.90 Å². The van der Waals surface area contributed by atoms with E-state index < -0.39 is 5.60 Å². The van der Waals surface area contributed by atoms with Gasteiger partial charge in [-0.1, -0.05) is 14.4 Å². The number of aliphatic hydroxyl groups is 1. The average molecular weight is 447 g/mol. The Morgan fingerprint density at radius 3 is 2.62 bits per heavy atom. The third-order valence-electron chi connectivity index (χ3n) is 10.00. The molecule has 5 rings (SSSR count). The lowest BCUT2D eigenvalue weighted by Crippen LogP contribution is -2.57. The standard InChI is InChI=1S/C24H38N4O3.CH4/c1-14-25-26-27-28(14)13-21(29)20-8-7-19-17-6-5-15-12-23(2,30)10-9-16(15)18(17)11-22(31-4)24(19,20)3;/h15-20,22,30H,5-13H2,1-4H3;1H4/t15-,16+,17-,18-,19+,20-,22-,23-,24+;/m1./s1. The van der Waals surface area contributed by atoms with Crippen LogP contribution in [-0.4, -0.2) is 49.9 Å². The molecular formula is C25H42N4O3. The van der Waals surface area contributed by atoms with Gasteiger partial charge in [-0.25, -0.2) is 4.68 Å². The summed E-state index contributed by atoms with van der Waals surface area (Å²) in [5.41, 5.74) is -0.598. The molecule has 4 saturated carbocycles. The van der Waals surface area contributed by atoms with E-state index in [2.05, 4.69) is 22.4 Å². The van der Waals surface area contributed by atoms with Gasteiger partial charge in [0.2, 0.25) is 0 Å². The zero-order chi connectivity index (χ0) is 22.0. The van der Waals surface area contributed by atoms with Crippen molar-refractivity contribution in [1.29, 1.82) is 0 Å². The van der Waals surface area contributed by atoms with Gasteiger partial charge in [0.15, 0.2) is 5.78 Å². The fourth-order valence-electron chi connectivity index (χ4n) is 8.58. The monoisotopic (exact) mass is 446 g/mol. The van der Waals surface area contributed by atoms with Gasteiger partial charge in [-0.15, -0.1) is 5.10 Å². The van der Waals surface area contributed by atoms with E-state index in [-0.39, 0.29) is 37.2 Å². The first-order chi connectivity index (χ1) is 14.7.